The van der Waals surface area contributed by atoms with E-state index < -0.39 is 15.3 Å². The fourth-order valence-corrected chi connectivity index (χ4v) is 4.74. The molecular formula is C12H18N2O3S2. The first-order valence-electron chi connectivity index (χ1n) is 5.97. The largest absolute Gasteiger partial charge is 0.297 e. The molecule has 2 unspecified atom stereocenters. The van der Waals surface area contributed by atoms with E-state index in [1.54, 1.807) is 23.4 Å². The summed E-state index contributed by atoms with van der Waals surface area (Å²) in [7, 11) is -1.66. The highest BCUT2D eigenvalue weighted by molar-refractivity contribution is 7.90. The first-order chi connectivity index (χ1) is 8.95. The van der Waals surface area contributed by atoms with E-state index in [9.17, 15) is 8.42 Å². The zero-order valence-corrected chi connectivity index (χ0v) is 12.6. The molecule has 2 atom stereocenters. The number of aryl methyl sites for hydroxylation is 1. The van der Waals surface area contributed by atoms with E-state index in [0.29, 0.717) is 0 Å². The van der Waals surface area contributed by atoms with Crippen LogP contribution in [0.5, 0.6) is 0 Å². The molecule has 7 heteroatoms. The zero-order valence-electron chi connectivity index (χ0n) is 11.0. The maximum Gasteiger partial charge on any atom is 0.219 e. The van der Waals surface area contributed by atoms with Crippen LogP contribution in [0.4, 0.5) is 0 Å². The van der Waals surface area contributed by atoms with Gasteiger partial charge in [-0.3, -0.25) is 4.84 Å². The summed E-state index contributed by atoms with van der Waals surface area (Å²) in [5, 5.41) is 1.03. The molecule has 0 aliphatic carbocycles. The molecule has 1 aliphatic heterocycles. The lowest BCUT2D eigenvalue weighted by Crippen LogP contribution is -2.39. The van der Waals surface area contributed by atoms with Crippen LogP contribution in [-0.4, -0.2) is 38.9 Å². The minimum absolute atomic E-state index is 0.171. The van der Waals surface area contributed by atoms with Crippen molar-refractivity contribution in [2.75, 3.05) is 20.2 Å². The minimum atomic E-state index is -3.42. The van der Waals surface area contributed by atoms with Gasteiger partial charge < -0.3 is 0 Å². The Hall–Kier alpha value is -0.730. The van der Waals surface area contributed by atoms with E-state index in [2.05, 4.69) is 11.3 Å². The monoisotopic (exact) mass is 302 g/mol. The van der Waals surface area contributed by atoms with Gasteiger partial charge in [0.05, 0.1) is 12.6 Å². The molecule has 5 nitrogen and oxygen atoms in total. The van der Waals surface area contributed by atoms with Crippen LogP contribution in [0, 0.1) is 6.92 Å². The molecule has 1 N–H and O–H groups in total. The van der Waals surface area contributed by atoms with Gasteiger partial charge in [-0.15, -0.1) is 17.9 Å². The lowest BCUT2D eigenvalue weighted by atomic mass is 10.2. The number of nitrogens with one attached hydrogen (secondary N) is 1. The van der Waals surface area contributed by atoms with Gasteiger partial charge in [0.25, 0.3) is 0 Å². The van der Waals surface area contributed by atoms with Gasteiger partial charge in [0.15, 0.2) is 0 Å². The van der Waals surface area contributed by atoms with Crippen molar-refractivity contribution in [1.82, 2.24) is 9.79 Å². The molecular weight excluding hydrogens is 284 g/mol. The molecule has 0 radical (unpaired) electrons. The standard InChI is InChI=1S/C12H18N2O3S2/c1-4-7-13-19(15,16)11-8-17-14(3)12(11)10-6-5-9(2)18-10/h4-6,11-13H,1,7-8H2,2-3H3. The summed E-state index contributed by atoms with van der Waals surface area (Å²) in [6.07, 6.45) is 1.53. The van der Waals surface area contributed by atoms with Crippen molar-refractivity contribution in [2.24, 2.45) is 0 Å². The van der Waals surface area contributed by atoms with Crippen LogP contribution in [0.2, 0.25) is 0 Å². The molecule has 1 saturated heterocycles. The number of hydrogen-bond donors (Lipinski definition) is 1. The number of nitrogens with zero attached hydrogens (tertiary/aromatic N) is 1. The molecule has 1 aliphatic rings. The second-order valence-electron chi connectivity index (χ2n) is 4.46. The Morgan fingerprint density at radius 1 is 1.63 bits per heavy atom. The highest BCUT2D eigenvalue weighted by atomic mass is 32.2. The molecule has 0 aromatic carbocycles. The molecule has 1 aromatic rings. The van der Waals surface area contributed by atoms with Gasteiger partial charge in [-0.1, -0.05) is 6.08 Å². The van der Waals surface area contributed by atoms with E-state index in [-0.39, 0.29) is 19.2 Å². The van der Waals surface area contributed by atoms with Crippen molar-refractivity contribution in [3.05, 3.63) is 34.5 Å². The highest BCUT2D eigenvalue weighted by Gasteiger charge is 2.43. The Morgan fingerprint density at radius 3 is 2.95 bits per heavy atom. The van der Waals surface area contributed by atoms with Crippen LogP contribution < -0.4 is 4.72 Å². The quantitative estimate of drug-likeness (QED) is 0.836. The molecule has 19 heavy (non-hydrogen) atoms. The van der Waals surface area contributed by atoms with Crippen molar-refractivity contribution >= 4 is 21.4 Å². The third-order valence-electron chi connectivity index (χ3n) is 3.07. The topological polar surface area (TPSA) is 58.6 Å². The number of sulfonamides is 1. The van der Waals surface area contributed by atoms with Crippen LogP contribution in [0.25, 0.3) is 0 Å². The normalized spacial score (nSPS) is 24.7. The second kappa shape index (κ2) is 5.72. The molecule has 1 aromatic heterocycles. The third-order valence-corrected chi connectivity index (χ3v) is 5.90. The summed E-state index contributed by atoms with van der Waals surface area (Å²) in [5.74, 6) is 0. The van der Waals surface area contributed by atoms with Gasteiger partial charge in [-0.25, -0.2) is 13.1 Å². The molecule has 0 spiro atoms. The van der Waals surface area contributed by atoms with Crippen LogP contribution in [0.15, 0.2) is 24.8 Å². The fraction of sp³-hybridized carbons (Fsp3) is 0.500. The maximum atomic E-state index is 12.3. The van der Waals surface area contributed by atoms with E-state index >= 15 is 0 Å². The summed E-state index contributed by atoms with van der Waals surface area (Å²) in [5.41, 5.74) is 0. The van der Waals surface area contributed by atoms with E-state index in [4.69, 9.17) is 4.84 Å². The second-order valence-corrected chi connectivity index (χ2v) is 7.76. The third kappa shape index (κ3) is 3.06. The average Bonchev–Trinajstić information content (AvgIpc) is 2.93. The fourth-order valence-electron chi connectivity index (χ4n) is 2.11. The number of rotatable bonds is 5. The van der Waals surface area contributed by atoms with Gasteiger partial charge in [0.2, 0.25) is 10.0 Å². The number of hydrogen-bond acceptors (Lipinski definition) is 5. The van der Waals surface area contributed by atoms with Crippen molar-refractivity contribution < 1.29 is 13.3 Å². The summed E-state index contributed by atoms with van der Waals surface area (Å²) >= 11 is 1.60. The van der Waals surface area contributed by atoms with Crippen LogP contribution >= 0.6 is 11.3 Å². The van der Waals surface area contributed by atoms with Crippen LogP contribution in [0.1, 0.15) is 15.8 Å². The molecule has 1 fully saturated rings. The Morgan fingerprint density at radius 2 is 2.37 bits per heavy atom. The summed E-state index contributed by atoms with van der Waals surface area (Å²) < 4.78 is 27.1. The molecule has 0 amide bonds. The summed E-state index contributed by atoms with van der Waals surface area (Å²) in [4.78, 5) is 7.57. The lowest BCUT2D eigenvalue weighted by Gasteiger charge is -2.21. The number of hydroxylamine groups is 2. The Labute approximate surface area is 117 Å². The highest BCUT2D eigenvalue weighted by Crippen LogP contribution is 2.36. The van der Waals surface area contributed by atoms with Crippen molar-refractivity contribution in [1.29, 1.82) is 0 Å². The SMILES string of the molecule is C=CCNS(=O)(=O)C1CON(C)C1c1ccc(C)s1. The van der Waals surface area contributed by atoms with E-state index in [0.717, 1.165) is 9.75 Å². The molecule has 0 bridgehead atoms. The van der Waals surface area contributed by atoms with Gasteiger partial charge in [0, 0.05) is 23.3 Å². The molecule has 2 rings (SSSR count). The number of thiophene rings is 1. The average molecular weight is 302 g/mol. The molecule has 106 valence electrons. The predicted octanol–water partition coefficient (Wildman–Crippen LogP) is 1.45. The van der Waals surface area contributed by atoms with Crippen LogP contribution in [-0.2, 0) is 14.9 Å². The van der Waals surface area contributed by atoms with Gasteiger partial charge in [-0.05, 0) is 19.1 Å². The predicted molar refractivity (Wildman–Crippen MR) is 76.4 cm³/mol. The summed E-state index contributed by atoms with van der Waals surface area (Å²) in [6.45, 7) is 5.93. The van der Waals surface area contributed by atoms with E-state index in [1.165, 1.54) is 6.08 Å². The summed E-state index contributed by atoms with van der Waals surface area (Å²) in [6, 6.07) is 3.69. The minimum Gasteiger partial charge on any atom is -0.297 e. The molecule has 2 heterocycles. The van der Waals surface area contributed by atoms with Crippen molar-refractivity contribution in [3.63, 3.8) is 0 Å². The Kier molecular flexibility index (Phi) is 4.42. The smallest absolute Gasteiger partial charge is 0.219 e. The van der Waals surface area contributed by atoms with Gasteiger partial charge >= 0.3 is 0 Å². The first-order valence-corrected chi connectivity index (χ1v) is 8.33. The van der Waals surface area contributed by atoms with Gasteiger partial charge in [-0.2, -0.15) is 5.06 Å². The van der Waals surface area contributed by atoms with Crippen LogP contribution in [0.3, 0.4) is 0 Å². The lowest BCUT2D eigenvalue weighted by molar-refractivity contribution is -0.110. The Bertz CT molecular complexity index is 553. The first kappa shape index (κ1) is 14.7. The molecule has 0 saturated carbocycles. The zero-order chi connectivity index (χ0) is 14.0. The van der Waals surface area contributed by atoms with Crippen molar-refractivity contribution in [3.8, 4) is 0 Å². The maximum absolute atomic E-state index is 12.3. The Balaban J connectivity index is 2.27. The van der Waals surface area contributed by atoms with E-state index in [1.807, 2.05) is 19.1 Å². The van der Waals surface area contributed by atoms with Crippen molar-refractivity contribution in [2.45, 2.75) is 18.2 Å². The van der Waals surface area contributed by atoms with Gasteiger partial charge in [0.1, 0.15) is 5.25 Å².